The number of benzene rings is 1. The zero-order chi connectivity index (χ0) is 20.7. The summed E-state index contributed by atoms with van der Waals surface area (Å²) in [7, 11) is 0. The molecule has 2 aromatic heterocycles. The molecule has 0 unspecified atom stereocenters. The maximum Gasteiger partial charge on any atom is 0.255 e. The molecule has 0 saturated heterocycles. The van der Waals surface area contributed by atoms with Crippen LogP contribution in [0.2, 0.25) is 5.15 Å². The molecule has 0 fully saturated rings. The van der Waals surface area contributed by atoms with Gasteiger partial charge in [-0.05, 0) is 37.8 Å². The molecule has 6 nitrogen and oxygen atoms in total. The lowest BCUT2D eigenvalue weighted by molar-refractivity contribution is 0.241. The van der Waals surface area contributed by atoms with Gasteiger partial charge in [-0.25, -0.2) is 9.97 Å². The van der Waals surface area contributed by atoms with Crippen LogP contribution in [0.25, 0.3) is 10.9 Å². The van der Waals surface area contributed by atoms with Gasteiger partial charge in [-0.15, -0.1) is 0 Å². The Morgan fingerprint density at radius 3 is 2.93 bits per heavy atom. The quantitative estimate of drug-likeness (QED) is 0.652. The molecule has 30 heavy (non-hydrogen) atoms. The number of nitrogens with one attached hydrogen (secondary N) is 1. The van der Waals surface area contributed by atoms with Crippen LogP contribution in [-0.4, -0.2) is 38.7 Å². The first-order valence-electron chi connectivity index (χ1n) is 10.5. The molecule has 0 atom stereocenters. The van der Waals surface area contributed by atoms with E-state index in [4.69, 9.17) is 16.6 Å². The van der Waals surface area contributed by atoms with Crippen LogP contribution in [0.15, 0.2) is 34.1 Å². The summed E-state index contributed by atoms with van der Waals surface area (Å²) in [6, 6.07) is 8.25. The highest BCUT2D eigenvalue weighted by molar-refractivity contribution is 6.30. The lowest BCUT2D eigenvalue weighted by atomic mass is 10.0. The molecule has 1 aromatic carbocycles. The van der Waals surface area contributed by atoms with Gasteiger partial charge < -0.3 is 4.98 Å². The van der Waals surface area contributed by atoms with Gasteiger partial charge in [0.2, 0.25) is 0 Å². The van der Waals surface area contributed by atoms with Gasteiger partial charge >= 0.3 is 0 Å². The summed E-state index contributed by atoms with van der Waals surface area (Å²) in [4.78, 5) is 31.9. The summed E-state index contributed by atoms with van der Waals surface area (Å²) in [5.74, 6) is 0.657. The van der Waals surface area contributed by atoms with E-state index in [-0.39, 0.29) is 5.56 Å². The molecule has 1 N–H and O–H groups in total. The third kappa shape index (κ3) is 3.66. The number of nitrogens with zero attached hydrogens (tertiary/aromatic N) is 4. The molecule has 3 aromatic rings. The smallest absolute Gasteiger partial charge is 0.255 e. The first kappa shape index (κ1) is 19.4. The number of aliphatic imine (C=N–C) groups is 1. The zero-order valence-electron chi connectivity index (χ0n) is 17.0. The highest BCUT2D eigenvalue weighted by atomic mass is 35.5. The Hall–Kier alpha value is -2.57. The fourth-order valence-corrected chi connectivity index (χ4v) is 4.56. The molecule has 0 bridgehead atoms. The molecule has 0 aliphatic carbocycles. The van der Waals surface area contributed by atoms with Crippen molar-refractivity contribution < 1.29 is 0 Å². The van der Waals surface area contributed by atoms with Gasteiger partial charge in [0.05, 0.1) is 22.5 Å². The predicted molar refractivity (Wildman–Crippen MR) is 119 cm³/mol. The monoisotopic (exact) mass is 421 g/mol. The molecule has 0 saturated carbocycles. The summed E-state index contributed by atoms with van der Waals surface area (Å²) < 4.78 is 0. The van der Waals surface area contributed by atoms with Crippen molar-refractivity contribution in [1.82, 2.24) is 19.9 Å². The molecule has 5 rings (SSSR count). The fourth-order valence-electron chi connectivity index (χ4n) is 4.36. The highest BCUT2D eigenvalue weighted by Gasteiger charge is 2.23. The summed E-state index contributed by atoms with van der Waals surface area (Å²) in [5, 5.41) is 1.62. The van der Waals surface area contributed by atoms with Gasteiger partial charge in [0.1, 0.15) is 5.15 Å². The van der Waals surface area contributed by atoms with Crippen molar-refractivity contribution in [3.8, 4) is 0 Å². The molecule has 2 aliphatic heterocycles. The number of fused-ring (bicyclic) bond motifs is 2. The van der Waals surface area contributed by atoms with Crippen LogP contribution >= 0.6 is 11.6 Å². The predicted octanol–water partition coefficient (Wildman–Crippen LogP) is 3.81. The molecule has 2 aliphatic rings. The van der Waals surface area contributed by atoms with E-state index in [9.17, 15) is 4.79 Å². The number of halogens is 1. The van der Waals surface area contributed by atoms with Gasteiger partial charge in [-0.2, -0.15) is 0 Å². The Morgan fingerprint density at radius 2 is 2.10 bits per heavy atom. The SMILES string of the molecule is Cc1cccc2cc(CN3CCc4nc(C5=NCCCC5)[nH]c(=O)c4C3)c(Cl)nc12. The van der Waals surface area contributed by atoms with Crippen LogP contribution < -0.4 is 5.56 Å². The summed E-state index contributed by atoms with van der Waals surface area (Å²) >= 11 is 6.50. The number of para-hydroxylation sites is 1. The molecular weight excluding hydrogens is 398 g/mol. The maximum absolute atomic E-state index is 12.8. The van der Waals surface area contributed by atoms with Crippen molar-refractivity contribution in [3.05, 3.63) is 68.0 Å². The van der Waals surface area contributed by atoms with Crippen LogP contribution in [0, 0.1) is 6.92 Å². The molecule has 0 amide bonds. The summed E-state index contributed by atoms with van der Waals surface area (Å²) in [6.45, 7) is 4.91. The van der Waals surface area contributed by atoms with Crippen molar-refractivity contribution in [2.24, 2.45) is 4.99 Å². The van der Waals surface area contributed by atoms with Gasteiger partial charge in [0, 0.05) is 43.5 Å². The molecule has 154 valence electrons. The van der Waals surface area contributed by atoms with Crippen molar-refractivity contribution >= 4 is 28.2 Å². The van der Waals surface area contributed by atoms with E-state index in [1.54, 1.807) is 0 Å². The fraction of sp³-hybridized carbons (Fsp3) is 0.391. The second kappa shape index (κ2) is 7.93. The summed E-state index contributed by atoms with van der Waals surface area (Å²) in [6.07, 6.45) is 3.85. The second-order valence-electron chi connectivity index (χ2n) is 8.17. The minimum Gasteiger partial charge on any atom is -0.305 e. The van der Waals surface area contributed by atoms with E-state index in [2.05, 4.69) is 32.0 Å². The number of aryl methyl sites for hydroxylation is 1. The van der Waals surface area contributed by atoms with Crippen LogP contribution in [0.3, 0.4) is 0 Å². The number of aromatic amines is 1. The number of hydrogen-bond acceptors (Lipinski definition) is 5. The lowest BCUT2D eigenvalue weighted by Gasteiger charge is -2.28. The van der Waals surface area contributed by atoms with Crippen LogP contribution in [0.1, 0.15) is 47.5 Å². The first-order chi connectivity index (χ1) is 14.6. The molecule has 0 radical (unpaired) electrons. The van der Waals surface area contributed by atoms with Crippen LogP contribution in [-0.2, 0) is 19.5 Å². The average Bonchev–Trinajstić information content (AvgIpc) is 2.76. The third-order valence-corrected chi connectivity index (χ3v) is 6.34. The van der Waals surface area contributed by atoms with Crippen molar-refractivity contribution in [1.29, 1.82) is 0 Å². The Bertz CT molecular complexity index is 1220. The van der Waals surface area contributed by atoms with E-state index in [1.165, 1.54) is 0 Å². The maximum atomic E-state index is 12.8. The molecule has 0 spiro atoms. The van der Waals surface area contributed by atoms with Crippen molar-refractivity contribution in [2.75, 3.05) is 13.1 Å². The molecule has 4 heterocycles. The normalized spacial score (nSPS) is 17.1. The summed E-state index contributed by atoms with van der Waals surface area (Å²) in [5.41, 5.74) is 5.58. The van der Waals surface area contributed by atoms with E-state index in [0.29, 0.717) is 24.1 Å². The van der Waals surface area contributed by atoms with E-state index in [0.717, 1.165) is 77.8 Å². The highest BCUT2D eigenvalue weighted by Crippen LogP contribution is 2.25. The van der Waals surface area contributed by atoms with E-state index in [1.807, 2.05) is 19.1 Å². The van der Waals surface area contributed by atoms with E-state index < -0.39 is 0 Å². The number of rotatable bonds is 3. The Labute approximate surface area is 180 Å². The Morgan fingerprint density at radius 1 is 1.20 bits per heavy atom. The minimum absolute atomic E-state index is 0.0497. The topological polar surface area (TPSA) is 74.2 Å². The van der Waals surface area contributed by atoms with Crippen molar-refractivity contribution in [2.45, 2.75) is 45.7 Å². The van der Waals surface area contributed by atoms with Gasteiger partial charge in [-0.1, -0.05) is 29.8 Å². The van der Waals surface area contributed by atoms with Gasteiger partial charge in [0.15, 0.2) is 5.82 Å². The zero-order valence-corrected chi connectivity index (χ0v) is 17.8. The number of aromatic nitrogens is 3. The largest absolute Gasteiger partial charge is 0.305 e. The second-order valence-corrected chi connectivity index (χ2v) is 8.53. The van der Waals surface area contributed by atoms with Gasteiger partial charge in [0.25, 0.3) is 5.56 Å². The standard InChI is InChI=1S/C23H24ClN5O/c1-14-5-4-6-15-11-16(21(24)27-20(14)15)12-29-10-8-18-17(13-29)23(30)28-22(26-18)19-7-2-3-9-25-19/h4-6,11H,2-3,7-10,12-13H2,1H3,(H,26,28,30). The number of pyridine rings is 1. The lowest BCUT2D eigenvalue weighted by Crippen LogP contribution is -2.36. The van der Waals surface area contributed by atoms with Gasteiger partial charge in [-0.3, -0.25) is 14.7 Å². The Balaban J connectivity index is 1.40. The number of hydrogen-bond donors (Lipinski definition) is 1. The molecular formula is C23H24ClN5O. The molecule has 7 heteroatoms. The van der Waals surface area contributed by atoms with Crippen LogP contribution in [0.4, 0.5) is 0 Å². The van der Waals surface area contributed by atoms with E-state index >= 15 is 0 Å². The third-order valence-electron chi connectivity index (χ3n) is 6.01. The first-order valence-corrected chi connectivity index (χ1v) is 10.9. The number of H-pyrrole nitrogens is 1. The Kier molecular flexibility index (Phi) is 5.13. The van der Waals surface area contributed by atoms with Crippen molar-refractivity contribution in [3.63, 3.8) is 0 Å². The minimum atomic E-state index is -0.0497. The van der Waals surface area contributed by atoms with Crippen LogP contribution in [0.5, 0.6) is 0 Å². The average molecular weight is 422 g/mol.